The molecule has 108 valence electrons. The van der Waals surface area contributed by atoms with Crippen LogP contribution in [0, 0.1) is 0 Å². The summed E-state index contributed by atoms with van der Waals surface area (Å²) in [6.45, 7) is 0. The maximum Gasteiger partial charge on any atom is 0.363 e. The zero-order valence-corrected chi connectivity index (χ0v) is 11.4. The van der Waals surface area contributed by atoms with Gasteiger partial charge in [0, 0.05) is 5.56 Å². The molecule has 5 nitrogen and oxygen atoms in total. The van der Waals surface area contributed by atoms with Crippen LogP contribution in [0.15, 0.2) is 65.3 Å². The highest BCUT2D eigenvalue weighted by Gasteiger charge is 2.23. The Bertz CT molecular complexity index is 789. The molecule has 5 heteroatoms. The third-order valence-corrected chi connectivity index (χ3v) is 3.09. The van der Waals surface area contributed by atoms with Crippen LogP contribution in [0.4, 0.5) is 0 Å². The molecular formula is C17H10NO4-. The van der Waals surface area contributed by atoms with E-state index in [-0.39, 0.29) is 17.2 Å². The number of cyclic esters (lactones) is 1. The number of carbonyl (C=O) groups excluding carboxylic acids is 2. The van der Waals surface area contributed by atoms with Gasteiger partial charge in [0.2, 0.25) is 5.90 Å². The van der Waals surface area contributed by atoms with Gasteiger partial charge in [-0.3, -0.25) is 0 Å². The molecule has 1 aliphatic rings. The average Bonchev–Trinajstić information content (AvgIpc) is 2.90. The van der Waals surface area contributed by atoms with Gasteiger partial charge < -0.3 is 14.6 Å². The van der Waals surface area contributed by atoms with Gasteiger partial charge in [-0.25, -0.2) is 9.79 Å². The monoisotopic (exact) mass is 292 g/mol. The summed E-state index contributed by atoms with van der Waals surface area (Å²) in [6, 6.07) is 15.1. The number of carbonyl (C=O) groups is 2. The van der Waals surface area contributed by atoms with Gasteiger partial charge in [-0.2, -0.15) is 0 Å². The molecule has 0 saturated carbocycles. The fourth-order valence-electron chi connectivity index (χ4n) is 1.99. The predicted octanol–water partition coefficient (Wildman–Crippen LogP) is 1.39. The Morgan fingerprint density at radius 1 is 1.05 bits per heavy atom. The maximum atomic E-state index is 11.8. The summed E-state index contributed by atoms with van der Waals surface area (Å²) in [6.07, 6.45) is 1.54. The smallest absolute Gasteiger partial charge is 0.363 e. The lowest BCUT2D eigenvalue weighted by Gasteiger charge is -2.01. The molecule has 0 bridgehead atoms. The van der Waals surface area contributed by atoms with E-state index in [1.165, 1.54) is 18.2 Å². The first-order valence-corrected chi connectivity index (χ1v) is 6.53. The predicted molar refractivity (Wildman–Crippen MR) is 77.8 cm³/mol. The minimum Gasteiger partial charge on any atom is -0.545 e. The van der Waals surface area contributed by atoms with Crippen LogP contribution in [0.1, 0.15) is 21.5 Å². The van der Waals surface area contributed by atoms with Crippen LogP contribution in [0.2, 0.25) is 0 Å². The zero-order chi connectivity index (χ0) is 15.5. The molecular weight excluding hydrogens is 282 g/mol. The SMILES string of the molecule is O=C1OC(c2ccccc2)=N/C1=C/c1ccc(C(=O)[O-])cc1. The molecule has 0 spiro atoms. The topological polar surface area (TPSA) is 78.8 Å². The second-order valence-electron chi connectivity index (χ2n) is 4.61. The summed E-state index contributed by atoms with van der Waals surface area (Å²) >= 11 is 0. The van der Waals surface area contributed by atoms with Crippen molar-refractivity contribution in [1.29, 1.82) is 0 Å². The van der Waals surface area contributed by atoms with Crippen molar-refractivity contribution in [2.24, 2.45) is 4.99 Å². The molecule has 3 rings (SSSR count). The van der Waals surface area contributed by atoms with Crippen molar-refractivity contribution in [3.8, 4) is 0 Å². The normalized spacial score (nSPS) is 15.5. The largest absolute Gasteiger partial charge is 0.545 e. The Kier molecular flexibility index (Phi) is 3.53. The Balaban J connectivity index is 1.89. The molecule has 0 amide bonds. The Morgan fingerprint density at radius 3 is 2.36 bits per heavy atom. The Morgan fingerprint density at radius 2 is 1.73 bits per heavy atom. The highest BCUT2D eigenvalue weighted by molar-refractivity contribution is 6.12. The highest BCUT2D eigenvalue weighted by atomic mass is 16.6. The Labute approximate surface area is 126 Å². The minimum atomic E-state index is -1.25. The van der Waals surface area contributed by atoms with Gasteiger partial charge in [-0.1, -0.05) is 42.5 Å². The molecule has 0 atom stereocenters. The van der Waals surface area contributed by atoms with Crippen molar-refractivity contribution in [1.82, 2.24) is 0 Å². The number of ether oxygens (including phenoxy) is 1. The second-order valence-corrected chi connectivity index (χ2v) is 4.61. The second kappa shape index (κ2) is 5.65. The van der Waals surface area contributed by atoms with Crippen LogP contribution in [0.5, 0.6) is 0 Å². The first-order valence-electron chi connectivity index (χ1n) is 6.53. The van der Waals surface area contributed by atoms with Gasteiger partial charge in [0.05, 0.1) is 5.97 Å². The van der Waals surface area contributed by atoms with Crippen LogP contribution in [-0.4, -0.2) is 17.8 Å². The van der Waals surface area contributed by atoms with Gasteiger partial charge in [0.25, 0.3) is 0 Å². The van der Waals surface area contributed by atoms with Crippen LogP contribution >= 0.6 is 0 Å². The molecule has 0 aliphatic carbocycles. The molecule has 0 aromatic heterocycles. The lowest BCUT2D eigenvalue weighted by atomic mass is 10.1. The van der Waals surface area contributed by atoms with E-state index in [4.69, 9.17) is 4.74 Å². The zero-order valence-electron chi connectivity index (χ0n) is 11.4. The van der Waals surface area contributed by atoms with Gasteiger partial charge in [0.15, 0.2) is 5.70 Å². The molecule has 2 aromatic carbocycles. The van der Waals surface area contributed by atoms with E-state index in [1.54, 1.807) is 24.3 Å². The number of nitrogens with zero attached hydrogens (tertiary/aromatic N) is 1. The van der Waals surface area contributed by atoms with Crippen molar-refractivity contribution in [2.75, 3.05) is 0 Å². The van der Waals surface area contributed by atoms with Crippen LogP contribution in [-0.2, 0) is 9.53 Å². The van der Waals surface area contributed by atoms with E-state index in [0.29, 0.717) is 11.1 Å². The summed E-state index contributed by atoms with van der Waals surface area (Å²) in [5.41, 5.74) is 1.60. The maximum absolute atomic E-state index is 11.8. The summed E-state index contributed by atoms with van der Waals surface area (Å²) in [7, 11) is 0. The number of rotatable bonds is 3. The number of aromatic carboxylic acids is 1. The molecule has 0 unspecified atom stereocenters. The van der Waals surface area contributed by atoms with E-state index in [9.17, 15) is 14.7 Å². The molecule has 1 aliphatic heterocycles. The fraction of sp³-hybridized carbons (Fsp3) is 0. The van der Waals surface area contributed by atoms with E-state index in [0.717, 1.165) is 0 Å². The van der Waals surface area contributed by atoms with Gasteiger partial charge in [-0.05, 0) is 29.3 Å². The number of carboxylic acids is 1. The molecule has 0 N–H and O–H groups in total. The third kappa shape index (κ3) is 2.78. The quantitative estimate of drug-likeness (QED) is 0.632. The van der Waals surface area contributed by atoms with Gasteiger partial charge in [0.1, 0.15) is 0 Å². The summed E-state index contributed by atoms with van der Waals surface area (Å²) in [4.78, 5) is 26.7. The number of esters is 1. The lowest BCUT2D eigenvalue weighted by Crippen LogP contribution is -2.21. The standard InChI is InChI=1S/C17H11NO4/c19-16(20)13-8-6-11(7-9-13)10-14-17(21)22-15(18-14)12-4-2-1-3-5-12/h1-10H,(H,19,20)/p-1/b14-10+. The molecule has 22 heavy (non-hydrogen) atoms. The molecule has 0 fully saturated rings. The lowest BCUT2D eigenvalue weighted by molar-refractivity contribution is -0.255. The van der Waals surface area contributed by atoms with Crippen molar-refractivity contribution < 1.29 is 19.4 Å². The van der Waals surface area contributed by atoms with E-state index < -0.39 is 11.9 Å². The van der Waals surface area contributed by atoms with Gasteiger partial charge >= 0.3 is 5.97 Å². The van der Waals surface area contributed by atoms with Crippen molar-refractivity contribution in [3.63, 3.8) is 0 Å². The van der Waals surface area contributed by atoms with Crippen molar-refractivity contribution in [2.45, 2.75) is 0 Å². The Hall–Kier alpha value is -3.21. The summed E-state index contributed by atoms with van der Waals surface area (Å²) in [5, 5.41) is 10.7. The van der Waals surface area contributed by atoms with Crippen molar-refractivity contribution in [3.05, 3.63) is 77.0 Å². The number of hydrogen-bond acceptors (Lipinski definition) is 5. The van der Waals surface area contributed by atoms with Crippen LogP contribution in [0.25, 0.3) is 6.08 Å². The van der Waals surface area contributed by atoms with Crippen LogP contribution in [0.3, 0.4) is 0 Å². The van der Waals surface area contributed by atoms with E-state index in [1.807, 2.05) is 18.2 Å². The van der Waals surface area contributed by atoms with Crippen molar-refractivity contribution >= 4 is 23.9 Å². The molecule has 0 saturated heterocycles. The number of hydrogen-bond donors (Lipinski definition) is 0. The molecule has 0 radical (unpaired) electrons. The number of aliphatic imine (C=N–C) groups is 1. The third-order valence-electron chi connectivity index (χ3n) is 3.09. The molecule has 1 heterocycles. The number of benzene rings is 2. The minimum absolute atomic E-state index is 0.0737. The van der Waals surface area contributed by atoms with Crippen LogP contribution < -0.4 is 5.11 Å². The van der Waals surface area contributed by atoms with E-state index >= 15 is 0 Å². The average molecular weight is 292 g/mol. The summed E-state index contributed by atoms with van der Waals surface area (Å²) in [5.74, 6) is -1.53. The van der Waals surface area contributed by atoms with E-state index in [2.05, 4.69) is 4.99 Å². The first kappa shape index (κ1) is 13.8. The van der Waals surface area contributed by atoms with Gasteiger partial charge in [-0.15, -0.1) is 0 Å². The fourth-order valence-corrected chi connectivity index (χ4v) is 1.99. The number of carboxylic acid groups (broad SMARTS) is 1. The highest BCUT2D eigenvalue weighted by Crippen LogP contribution is 2.19. The molecule has 2 aromatic rings. The first-order chi connectivity index (χ1) is 10.6. The summed E-state index contributed by atoms with van der Waals surface area (Å²) < 4.78 is 5.13.